The molecule has 0 radical (unpaired) electrons. The molecule has 5 unspecified atom stereocenters. The van der Waals surface area contributed by atoms with Crippen LogP contribution < -0.4 is 0 Å². The minimum absolute atomic E-state index is 0.0665. The van der Waals surface area contributed by atoms with Gasteiger partial charge < -0.3 is 34.2 Å². The zero-order chi connectivity index (χ0) is 87.9. The maximum Gasteiger partial charge on any atom is 0.472 e. The van der Waals surface area contributed by atoms with Gasteiger partial charge >= 0.3 is 33.6 Å². The second-order valence-corrected chi connectivity index (χ2v) is 33.9. The maximum atomic E-state index is 13.1. The van der Waals surface area contributed by atoms with Crippen LogP contribution in [0.4, 0.5) is 0 Å². The van der Waals surface area contributed by atoms with Gasteiger partial charge in [0.15, 0.2) is 6.10 Å². The van der Waals surface area contributed by atoms with Crippen molar-refractivity contribution in [3.63, 3.8) is 0 Å². The van der Waals surface area contributed by atoms with Crippen molar-refractivity contribution < 1.29 is 75.8 Å². The molecule has 16 nitrogen and oxygen atoms in total. The summed E-state index contributed by atoms with van der Waals surface area (Å²) in [5, 5.41) is 20.8. The van der Waals surface area contributed by atoms with E-state index in [0.29, 0.717) is 19.3 Å². The van der Waals surface area contributed by atoms with Crippen molar-refractivity contribution in [1.82, 2.24) is 0 Å². The predicted molar refractivity (Wildman–Crippen MR) is 509 cm³/mol. The SMILES string of the molecule is CC/C=C\C/C=C\C/C=C\C/C=C\C/C=C\C/C=C\CCCCCCCCCCCCC(=O)OCC(COP(=O)(O)OCC(O)COP(=O)(O)OCC(O)COC(=O)CCCCCCCCCCCCCCCCCCC/C=C\C/C=C\C/C=C\C/C=C\C/C=C\CC)OC(=O)CCCCCC/C=C\C/C=C\C/C=C\C/C=C\C/C=C\C/C=C\CC. The molecule has 0 aliphatic rings. The third-order valence-corrected chi connectivity index (χ3v) is 21.4. The van der Waals surface area contributed by atoms with Gasteiger partial charge in [0.05, 0.1) is 26.4 Å². The van der Waals surface area contributed by atoms with Crippen molar-refractivity contribution in [2.45, 2.75) is 386 Å². The number of unbranched alkanes of at least 4 members (excludes halogenated alkanes) is 31. The standard InChI is InChI=1S/C103H170O16P2/c1-4-7-10-13-16-19-22-25-28-31-34-37-40-42-44-46-47-48-49-51-53-54-57-59-62-65-68-71-74-77-80-83-86-89-101(106)113-92-98(104)93-115-120(109,110)116-94-99(105)95-117-121(111,112)118-97-100(119-103(108)91-88-85-82-79-76-73-70-67-64-61-56-39-36-33-30-27-24-21-18-15-12-9-6-3)96-114-102(107)90-87-84-81-78-75-72-69-66-63-60-58-55-52-50-45-43-41-38-35-32-29-26-23-20-17-14-11-8-5-2/h7-12,16-21,25-30,34-39,42-45,52,55,61,64,70,73,98-100,104-105H,4-6,13-15,22-24,31-33,40-41,46-51,53-54,56-60,62-63,65-69,71-72,74-97H2,1-3H3,(H,109,110)(H,111,112)/b10-7-,11-8-,12-9-,19-16-,20-17-,21-18-,28-25-,29-26-,30-27-,37-34-,38-35-,39-36-,44-42-,45-43-,55-52-,64-61-,73-70-. The first kappa shape index (κ1) is 115. The zero-order valence-corrected chi connectivity index (χ0v) is 77.7. The largest absolute Gasteiger partial charge is 0.472 e. The number of hydrogen-bond donors (Lipinski definition) is 4. The fourth-order valence-electron chi connectivity index (χ4n) is 12.4. The molecule has 0 aliphatic heterocycles. The predicted octanol–water partition coefficient (Wildman–Crippen LogP) is 29.6. The quantitative estimate of drug-likeness (QED) is 0.0146. The summed E-state index contributed by atoms with van der Waals surface area (Å²) in [5.74, 6) is -1.61. The van der Waals surface area contributed by atoms with E-state index in [-0.39, 0.29) is 19.3 Å². The average Bonchev–Trinajstić information content (AvgIpc) is 0.899. The van der Waals surface area contributed by atoms with Crippen molar-refractivity contribution >= 4 is 33.6 Å². The van der Waals surface area contributed by atoms with Crippen LogP contribution in [0.2, 0.25) is 0 Å². The van der Waals surface area contributed by atoms with Gasteiger partial charge in [-0.25, -0.2) is 9.13 Å². The van der Waals surface area contributed by atoms with Crippen LogP contribution in [-0.4, -0.2) is 95.9 Å². The van der Waals surface area contributed by atoms with Crippen LogP contribution >= 0.6 is 15.6 Å². The Morgan fingerprint density at radius 2 is 0.413 bits per heavy atom. The highest BCUT2D eigenvalue weighted by Crippen LogP contribution is 2.45. The average molecular weight is 1730 g/mol. The Hall–Kier alpha value is -5.87. The van der Waals surface area contributed by atoms with Crippen LogP contribution in [0.1, 0.15) is 367 Å². The van der Waals surface area contributed by atoms with Crippen molar-refractivity contribution in [1.29, 1.82) is 0 Å². The molecule has 0 aromatic heterocycles. The third-order valence-electron chi connectivity index (χ3n) is 19.5. The molecule has 121 heavy (non-hydrogen) atoms. The lowest BCUT2D eigenvalue weighted by Gasteiger charge is -2.21. The number of carbonyl (C=O) groups is 3. The van der Waals surface area contributed by atoms with Gasteiger partial charge in [0.2, 0.25) is 0 Å². The Morgan fingerprint density at radius 3 is 0.653 bits per heavy atom. The van der Waals surface area contributed by atoms with Gasteiger partial charge in [-0.1, -0.05) is 388 Å². The van der Waals surface area contributed by atoms with E-state index >= 15 is 0 Å². The maximum absolute atomic E-state index is 13.1. The van der Waals surface area contributed by atoms with Gasteiger partial charge in [0, 0.05) is 19.3 Å². The Labute approximate surface area is 737 Å². The smallest absolute Gasteiger partial charge is 0.463 e. The summed E-state index contributed by atoms with van der Waals surface area (Å²) < 4.78 is 61.5. The first-order chi connectivity index (χ1) is 59.2. The molecule has 0 aromatic carbocycles. The normalized spacial score (nSPS) is 14.7. The number of phosphoric acid groups is 2. The van der Waals surface area contributed by atoms with Crippen LogP contribution in [0.5, 0.6) is 0 Å². The Bertz CT molecular complexity index is 3030. The van der Waals surface area contributed by atoms with E-state index in [4.69, 9.17) is 32.3 Å². The summed E-state index contributed by atoms with van der Waals surface area (Å²) >= 11 is 0. The molecule has 0 saturated carbocycles. The summed E-state index contributed by atoms with van der Waals surface area (Å²) in [5.41, 5.74) is 0. The molecule has 0 aliphatic carbocycles. The number of aliphatic hydroxyl groups is 2. The van der Waals surface area contributed by atoms with Crippen LogP contribution in [-0.2, 0) is 55.8 Å². The first-order valence-corrected chi connectivity index (χ1v) is 50.4. The molecule has 5 atom stereocenters. The minimum Gasteiger partial charge on any atom is -0.463 e. The highest BCUT2D eigenvalue weighted by atomic mass is 31.2. The fraction of sp³-hybridized carbons (Fsp3) is 0.641. The molecule has 0 bridgehead atoms. The first-order valence-electron chi connectivity index (χ1n) is 47.4. The lowest BCUT2D eigenvalue weighted by atomic mass is 10.0. The van der Waals surface area contributed by atoms with E-state index in [0.717, 1.165) is 186 Å². The number of phosphoric ester groups is 2. The Kier molecular flexibility index (Phi) is 88.8. The van der Waals surface area contributed by atoms with E-state index in [1.54, 1.807) is 0 Å². The molecular formula is C103H170O16P2. The number of rotatable bonds is 88. The van der Waals surface area contributed by atoms with Gasteiger partial charge in [-0.3, -0.25) is 32.5 Å². The highest BCUT2D eigenvalue weighted by molar-refractivity contribution is 7.47. The molecule has 0 rings (SSSR count). The number of ether oxygens (including phenoxy) is 3. The number of hydrogen-bond acceptors (Lipinski definition) is 14. The highest BCUT2D eigenvalue weighted by Gasteiger charge is 2.29. The van der Waals surface area contributed by atoms with Gasteiger partial charge in [0.1, 0.15) is 25.4 Å². The van der Waals surface area contributed by atoms with Crippen molar-refractivity contribution in [2.75, 3.05) is 39.6 Å². The summed E-state index contributed by atoms with van der Waals surface area (Å²) in [6.07, 6.45) is 126. The van der Waals surface area contributed by atoms with Crippen LogP contribution in [0.3, 0.4) is 0 Å². The fourth-order valence-corrected chi connectivity index (χ4v) is 14.0. The number of esters is 3. The molecule has 688 valence electrons. The monoisotopic (exact) mass is 1730 g/mol. The summed E-state index contributed by atoms with van der Waals surface area (Å²) in [6, 6.07) is 0. The molecular weight excluding hydrogens is 1560 g/mol. The van der Waals surface area contributed by atoms with E-state index in [1.807, 2.05) is 0 Å². The Balaban J connectivity index is 4.63. The van der Waals surface area contributed by atoms with Crippen LogP contribution in [0.25, 0.3) is 0 Å². The molecule has 0 heterocycles. The second-order valence-electron chi connectivity index (χ2n) is 31.0. The van der Waals surface area contributed by atoms with E-state index in [2.05, 4.69) is 227 Å². The van der Waals surface area contributed by atoms with Gasteiger partial charge in [0.25, 0.3) is 0 Å². The van der Waals surface area contributed by atoms with E-state index in [1.165, 1.54) is 122 Å². The van der Waals surface area contributed by atoms with E-state index < -0.39 is 91.5 Å². The van der Waals surface area contributed by atoms with Crippen molar-refractivity contribution in [2.24, 2.45) is 0 Å². The van der Waals surface area contributed by atoms with Gasteiger partial charge in [-0.05, 0) is 167 Å². The number of aliphatic hydroxyl groups excluding tert-OH is 2. The second kappa shape index (κ2) is 93.3. The zero-order valence-electron chi connectivity index (χ0n) is 75.9. The minimum atomic E-state index is -4.96. The third kappa shape index (κ3) is 94.6. The molecule has 0 fully saturated rings. The van der Waals surface area contributed by atoms with E-state index in [9.17, 15) is 43.5 Å². The van der Waals surface area contributed by atoms with Gasteiger partial charge in [-0.2, -0.15) is 0 Å². The van der Waals surface area contributed by atoms with Gasteiger partial charge in [-0.15, -0.1) is 0 Å². The van der Waals surface area contributed by atoms with Crippen molar-refractivity contribution in [3.05, 3.63) is 207 Å². The summed E-state index contributed by atoms with van der Waals surface area (Å²) in [4.78, 5) is 59.1. The summed E-state index contributed by atoms with van der Waals surface area (Å²) in [7, 11) is -9.83. The number of allylic oxidation sites excluding steroid dienone is 34. The topological polar surface area (TPSA) is 231 Å². The molecule has 0 amide bonds. The number of carbonyl (C=O) groups excluding carboxylic acids is 3. The molecule has 0 spiro atoms. The van der Waals surface area contributed by atoms with Crippen LogP contribution in [0.15, 0.2) is 207 Å². The lowest BCUT2D eigenvalue weighted by molar-refractivity contribution is -0.161. The molecule has 4 N–H and O–H groups in total. The molecule has 0 aromatic rings. The Morgan fingerprint density at radius 1 is 0.231 bits per heavy atom. The lowest BCUT2D eigenvalue weighted by Crippen LogP contribution is -2.30. The van der Waals surface area contributed by atoms with Crippen molar-refractivity contribution in [3.8, 4) is 0 Å². The van der Waals surface area contributed by atoms with Crippen LogP contribution in [0, 0.1) is 0 Å². The molecule has 0 saturated heterocycles. The molecule has 18 heteroatoms. The summed E-state index contributed by atoms with van der Waals surface area (Å²) in [6.45, 7) is 2.33.